The Labute approximate surface area is 89.3 Å². The molecule has 0 atom stereocenters. The van der Waals surface area contributed by atoms with Crippen molar-refractivity contribution in [3.8, 4) is 17.0 Å². The van der Waals surface area contributed by atoms with Crippen LogP contribution in [0.25, 0.3) is 11.3 Å². The molecule has 3 heteroatoms. The molecule has 0 N–H and O–H groups in total. The summed E-state index contributed by atoms with van der Waals surface area (Å²) in [5.74, 6) is 1.85. The molecule has 2 rings (SSSR count). The minimum Gasteiger partial charge on any atom is -0.496 e. The second kappa shape index (κ2) is 3.77. The number of para-hydroxylation sites is 1. The highest BCUT2D eigenvalue weighted by atomic mass is 16.5. The topological polar surface area (TPSA) is 27.1 Å². The Morgan fingerprint density at radius 2 is 2.00 bits per heavy atom. The van der Waals surface area contributed by atoms with Gasteiger partial charge < -0.3 is 9.30 Å². The third-order valence-electron chi connectivity index (χ3n) is 2.49. The Bertz CT molecular complexity index is 455. The maximum atomic E-state index is 5.30. The summed E-state index contributed by atoms with van der Waals surface area (Å²) < 4.78 is 7.30. The second-order valence-electron chi connectivity index (χ2n) is 3.48. The normalized spacial score (nSPS) is 10.3. The van der Waals surface area contributed by atoms with Gasteiger partial charge in [0.15, 0.2) is 0 Å². The first-order valence-electron chi connectivity index (χ1n) is 4.85. The Balaban J connectivity index is 2.53. The van der Waals surface area contributed by atoms with Crippen LogP contribution in [0.2, 0.25) is 0 Å². The summed E-state index contributed by atoms with van der Waals surface area (Å²) in [4.78, 5) is 4.47. The lowest BCUT2D eigenvalue weighted by molar-refractivity contribution is 0.416. The van der Waals surface area contributed by atoms with Gasteiger partial charge in [0, 0.05) is 18.8 Å². The highest BCUT2D eigenvalue weighted by Crippen LogP contribution is 2.28. The van der Waals surface area contributed by atoms with Crippen LogP contribution in [0.4, 0.5) is 0 Å². The van der Waals surface area contributed by atoms with Crippen LogP contribution >= 0.6 is 0 Å². The SMILES string of the molecule is COc1ccccc1-c1cn(C)c(C)n1. The Hall–Kier alpha value is -1.77. The van der Waals surface area contributed by atoms with E-state index < -0.39 is 0 Å². The van der Waals surface area contributed by atoms with E-state index in [0.29, 0.717) is 0 Å². The van der Waals surface area contributed by atoms with Crippen LogP contribution < -0.4 is 4.74 Å². The quantitative estimate of drug-likeness (QED) is 0.747. The van der Waals surface area contributed by atoms with Gasteiger partial charge in [0.1, 0.15) is 11.6 Å². The van der Waals surface area contributed by atoms with Gasteiger partial charge in [-0.1, -0.05) is 12.1 Å². The van der Waals surface area contributed by atoms with Crippen molar-refractivity contribution in [2.45, 2.75) is 6.92 Å². The Kier molecular flexibility index (Phi) is 2.46. The van der Waals surface area contributed by atoms with Crippen molar-refractivity contribution in [2.24, 2.45) is 7.05 Å². The molecule has 0 aliphatic rings. The van der Waals surface area contributed by atoms with Gasteiger partial charge in [0.2, 0.25) is 0 Å². The number of imidazole rings is 1. The van der Waals surface area contributed by atoms with Crippen LogP contribution in [-0.4, -0.2) is 16.7 Å². The average molecular weight is 202 g/mol. The molecule has 0 radical (unpaired) electrons. The summed E-state index contributed by atoms with van der Waals surface area (Å²) in [5, 5.41) is 0. The molecular weight excluding hydrogens is 188 g/mol. The van der Waals surface area contributed by atoms with E-state index in [1.54, 1.807) is 7.11 Å². The predicted molar refractivity (Wildman–Crippen MR) is 59.9 cm³/mol. The van der Waals surface area contributed by atoms with Crippen LogP contribution in [0, 0.1) is 6.92 Å². The maximum Gasteiger partial charge on any atom is 0.128 e. The van der Waals surface area contributed by atoms with Crippen molar-refractivity contribution in [2.75, 3.05) is 7.11 Å². The molecule has 0 saturated carbocycles. The highest BCUT2D eigenvalue weighted by molar-refractivity contribution is 5.66. The first-order valence-corrected chi connectivity index (χ1v) is 4.85. The average Bonchev–Trinajstić information content (AvgIpc) is 2.59. The number of hydrogen-bond donors (Lipinski definition) is 0. The van der Waals surface area contributed by atoms with Gasteiger partial charge >= 0.3 is 0 Å². The molecule has 2 aromatic rings. The standard InChI is InChI=1S/C12H14N2O/c1-9-13-11(8-14(9)2)10-6-4-5-7-12(10)15-3/h4-8H,1-3H3. The number of benzene rings is 1. The van der Waals surface area contributed by atoms with Crippen molar-refractivity contribution in [1.82, 2.24) is 9.55 Å². The summed E-state index contributed by atoms with van der Waals surface area (Å²) in [5.41, 5.74) is 1.98. The Morgan fingerprint density at radius 3 is 2.60 bits per heavy atom. The van der Waals surface area contributed by atoms with Gasteiger partial charge in [-0.2, -0.15) is 0 Å². The number of ether oxygens (including phenoxy) is 1. The molecule has 3 nitrogen and oxygen atoms in total. The van der Waals surface area contributed by atoms with E-state index in [1.165, 1.54) is 0 Å². The third kappa shape index (κ3) is 1.73. The van der Waals surface area contributed by atoms with E-state index in [-0.39, 0.29) is 0 Å². The fraction of sp³-hybridized carbons (Fsp3) is 0.250. The first-order chi connectivity index (χ1) is 7.22. The van der Waals surface area contributed by atoms with E-state index in [1.807, 2.05) is 49.0 Å². The van der Waals surface area contributed by atoms with Gasteiger partial charge in [-0.3, -0.25) is 0 Å². The molecule has 0 fully saturated rings. The zero-order valence-corrected chi connectivity index (χ0v) is 9.19. The predicted octanol–water partition coefficient (Wildman–Crippen LogP) is 2.40. The molecule has 1 aromatic carbocycles. The van der Waals surface area contributed by atoms with Crippen molar-refractivity contribution in [3.63, 3.8) is 0 Å². The number of aromatic nitrogens is 2. The Morgan fingerprint density at radius 1 is 1.27 bits per heavy atom. The minimum atomic E-state index is 0.857. The first kappa shape index (κ1) is 9.77. The minimum absolute atomic E-state index is 0.857. The number of methoxy groups -OCH3 is 1. The molecule has 0 spiro atoms. The molecule has 0 bridgehead atoms. The molecule has 0 saturated heterocycles. The monoisotopic (exact) mass is 202 g/mol. The fourth-order valence-electron chi connectivity index (χ4n) is 1.54. The number of aryl methyl sites for hydroxylation is 2. The molecule has 0 amide bonds. The lowest BCUT2D eigenvalue weighted by Gasteiger charge is -2.04. The zero-order valence-electron chi connectivity index (χ0n) is 9.19. The van der Waals surface area contributed by atoms with E-state index in [9.17, 15) is 0 Å². The van der Waals surface area contributed by atoms with Crippen molar-refractivity contribution < 1.29 is 4.74 Å². The lowest BCUT2D eigenvalue weighted by Crippen LogP contribution is -1.87. The second-order valence-corrected chi connectivity index (χ2v) is 3.48. The molecule has 15 heavy (non-hydrogen) atoms. The largest absolute Gasteiger partial charge is 0.496 e. The van der Waals surface area contributed by atoms with Crippen LogP contribution in [0.5, 0.6) is 5.75 Å². The van der Waals surface area contributed by atoms with Crippen molar-refractivity contribution in [1.29, 1.82) is 0 Å². The van der Waals surface area contributed by atoms with Crippen molar-refractivity contribution >= 4 is 0 Å². The number of rotatable bonds is 2. The zero-order chi connectivity index (χ0) is 10.8. The van der Waals surface area contributed by atoms with Gasteiger partial charge in [0.25, 0.3) is 0 Å². The molecule has 1 heterocycles. The molecule has 1 aromatic heterocycles. The molecule has 0 unspecified atom stereocenters. The van der Waals surface area contributed by atoms with Gasteiger partial charge in [-0.15, -0.1) is 0 Å². The third-order valence-corrected chi connectivity index (χ3v) is 2.49. The van der Waals surface area contributed by atoms with E-state index in [4.69, 9.17) is 4.74 Å². The smallest absolute Gasteiger partial charge is 0.128 e. The van der Waals surface area contributed by atoms with Crippen molar-refractivity contribution in [3.05, 3.63) is 36.3 Å². The highest BCUT2D eigenvalue weighted by Gasteiger charge is 2.08. The summed E-state index contributed by atoms with van der Waals surface area (Å²) in [6, 6.07) is 7.90. The van der Waals surface area contributed by atoms with Crippen LogP contribution in [0.1, 0.15) is 5.82 Å². The molecular formula is C12H14N2O. The van der Waals surface area contributed by atoms with E-state index >= 15 is 0 Å². The van der Waals surface area contributed by atoms with Crippen LogP contribution in [0.15, 0.2) is 30.5 Å². The van der Waals surface area contributed by atoms with Crippen LogP contribution in [-0.2, 0) is 7.05 Å². The fourth-order valence-corrected chi connectivity index (χ4v) is 1.54. The molecule has 0 aliphatic carbocycles. The van der Waals surface area contributed by atoms with E-state index in [2.05, 4.69) is 4.98 Å². The molecule has 78 valence electrons. The summed E-state index contributed by atoms with van der Waals surface area (Å²) in [6.07, 6.45) is 2.01. The number of hydrogen-bond acceptors (Lipinski definition) is 2. The van der Waals surface area contributed by atoms with Crippen LogP contribution in [0.3, 0.4) is 0 Å². The molecule has 0 aliphatic heterocycles. The maximum absolute atomic E-state index is 5.30. The van der Waals surface area contributed by atoms with Gasteiger partial charge in [-0.25, -0.2) is 4.98 Å². The summed E-state index contributed by atoms with van der Waals surface area (Å²) in [7, 11) is 3.66. The lowest BCUT2D eigenvalue weighted by atomic mass is 10.1. The number of nitrogens with zero attached hydrogens (tertiary/aromatic N) is 2. The van der Waals surface area contributed by atoms with E-state index in [0.717, 1.165) is 22.8 Å². The summed E-state index contributed by atoms with van der Waals surface area (Å²) >= 11 is 0. The van der Waals surface area contributed by atoms with Gasteiger partial charge in [-0.05, 0) is 19.1 Å². The van der Waals surface area contributed by atoms with Gasteiger partial charge in [0.05, 0.1) is 12.8 Å². The summed E-state index contributed by atoms with van der Waals surface area (Å²) in [6.45, 7) is 1.99.